The van der Waals surface area contributed by atoms with Crippen LogP contribution in [0.5, 0.6) is 0 Å². The summed E-state index contributed by atoms with van der Waals surface area (Å²) in [6.07, 6.45) is 1.97. The maximum Gasteiger partial charge on any atom is 0.180 e. The molecule has 0 amide bonds. The molecule has 1 saturated heterocycles. The molecule has 3 unspecified atom stereocenters. The van der Waals surface area contributed by atoms with Crippen LogP contribution in [0.25, 0.3) is 0 Å². The minimum atomic E-state index is -0.469. The van der Waals surface area contributed by atoms with Gasteiger partial charge in [0, 0.05) is 0 Å². The second kappa shape index (κ2) is 2.59. The first-order valence-electron chi connectivity index (χ1n) is 3.97. The number of ether oxygens (including phenoxy) is 2. The Balaban J connectivity index is 2.20. The zero-order valence-electron chi connectivity index (χ0n) is 6.49. The highest BCUT2D eigenvalue weighted by molar-refractivity contribution is 5.14. The van der Waals surface area contributed by atoms with E-state index in [4.69, 9.17) is 9.47 Å². The molecule has 0 aliphatic carbocycles. The van der Waals surface area contributed by atoms with Crippen molar-refractivity contribution in [1.82, 2.24) is 0 Å². The van der Waals surface area contributed by atoms with Crippen molar-refractivity contribution in [3.63, 3.8) is 0 Å². The lowest BCUT2D eigenvalue weighted by atomic mass is 10.1. The zero-order valence-corrected chi connectivity index (χ0v) is 6.49. The molecule has 3 heteroatoms. The van der Waals surface area contributed by atoms with Crippen LogP contribution < -0.4 is 0 Å². The smallest absolute Gasteiger partial charge is 0.180 e. The molecule has 3 nitrogen and oxygen atoms in total. The van der Waals surface area contributed by atoms with Crippen LogP contribution in [-0.2, 0) is 9.47 Å². The van der Waals surface area contributed by atoms with Crippen molar-refractivity contribution in [2.24, 2.45) is 0 Å². The molecule has 0 aromatic heterocycles. The first-order chi connectivity index (χ1) is 5.31. The van der Waals surface area contributed by atoms with Gasteiger partial charge in [-0.15, -0.1) is 0 Å². The Hall–Kier alpha value is -0.380. The lowest BCUT2D eigenvalue weighted by molar-refractivity contribution is -0.0629. The number of hydrogen-bond donors (Lipinski definition) is 1. The normalized spacial score (nSPS) is 42.4. The molecule has 2 aliphatic heterocycles. The average Bonchev–Trinajstić information content (AvgIpc) is 2.43. The van der Waals surface area contributed by atoms with Gasteiger partial charge < -0.3 is 14.6 Å². The minimum Gasteiger partial charge on any atom is -0.386 e. The summed E-state index contributed by atoms with van der Waals surface area (Å²) in [7, 11) is 0. The van der Waals surface area contributed by atoms with E-state index in [1.54, 1.807) is 0 Å². The fraction of sp³-hybridized carbons (Fsp3) is 0.750. The van der Waals surface area contributed by atoms with Gasteiger partial charge in [-0.1, -0.05) is 6.92 Å². The molecule has 0 radical (unpaired) electrons. The predicted octanol–water partition coefficient (Wildman–Crippen LogP) is 0.439. The van der Waals surface area contributed by atoms with Crippen molar-refractivity contribution in [2.75, 3.05) is 6.61 Å². The van der Waals surface area contributed by atoms with E-state index in [1.165, 1.54) is 0 Å². The Kier molecular flexibility index (Phi) is 1.71. The molecular formula is C8H12O3. The Morgan fingerprint density at radius 1 is 1.73 bits per heavy atom. The van der Waals surface area contributed by atoms with Gasteiger partial charge in [-0.25, -0.2) is 0 Å². The van der Waals surface area contributed by atoms with Crippen LogP contribution in [0.4, 0.5) is 0 Å². The van der Waals surface area contributed by atoms with Crippen LogP contribution in [0.1, 0.15) is 13.3 Å². The molecule has 2 rings (SSSR count). The Bertz CT molecular complexity index is 188. The number of aliphatic hydroxyl groups excluding tert-OH is 1. The fourth-order valence-corrected chi connectivity index (χ4v) is 1.48. The molecular weight excluding hydrogens is 144 g/mol. The van der Waals surface area contributed by atoms with Crippen LogP contribution >= 0.6 is 0 Å². The van der Waals surface area contributed by atoms with E-state index in [0.29, 0.717) is 6.61 Å². The van der Waals surface area contributed by atoms with E-state index in [0.717, 1.165) is 12.0 Å². The number of rotatable bonds is 1. The monoisotopic (exact) mass is 156 g/mol. The first-order valence-corrected chi connectivity index (χ1v) is 3.97. The lowest BCUT2D eigenvalue weighted by Crippen LogP contribution is -2.31. The maximum atomic E-state index is 9.42. The summed E-state index contributed by atoms with van der Waals surface area (Å²) in [6, 6.07) is 0. The van der Waals surface area contributed by atoms with Gasteiger partial charge in [0.05, 0.1) is 6.61 Å². The van der Waals surface area contributed by atoms with Crippen LogP contribution in [0.3, 0.4) is 0 Å². The van der Waals surface area contributed by atoms with Crippen LogP contribution in [0.15, 0.2) is 11.6 Å². The van der Waals surface area contributed by atoms with E-state index in [-0.39, 0.29) is 12.4 Å². The van der Waals surface area contributed by atoms with Crippen LogP contribution in [0.2, 0.25) is 0 Å². The van der Waals surface area contributed by atoms with E-state index >= 15 is 0 Å². The Morgan fingerprint density at radius 2 is 2.55 bits per heavy atom. The molecule has 1 fully saturated rings. The van der Waals surface area contributed by atoms with Crippen molar-refractivity contribution >= 4 is 0 Å². The Morgan fingerprint density at radius 3 is 3.27 bits per heavy atom. The lowest BCUT2D eigenvalue weighted by Gasteiger charge is -2.22. The van der Waals surface area contributed by atoms with Gasteiger partial charge in [0.15, 0.2) is 6.29 Å². The van der Waals surface area contributed by atoms with E-state index < -0.39 is 6.10 Å². The molecule has 1 N–H and O–H groups in total. The molecule has 2 heterocycles. The Labute approximate surface area is 65.6 Å². The summed E-state index contributed by atoms with van der Waals surface area (Å²) >= 11 is 0. The van der Waals surface area contributed by atoms with E-state index in [1.807, 2.05) is 13.0 Å². The third-order valence-electron chi connectivity index (χ3n) is 2.19. The number of hydrogen-bond acceptors (Lipinski definition) is 3. The third-order valence-corrected chi connectivity index (χ3v) is 2.19. The summed E-state index contributed by atoms with van der Waals surface area (Å²) in [4.78, 5) is 0. The topological polar surface area (TPSA) is 38.7 Å². The molecule has 11 heavy (non-hydrogen) atoms. The van der Waals surface area contributed by atoms with Gasteiger partial charge in [-0.2, -0.15) is 0 Å². The fourth-order valence-electron chi connectivity index (χ4n) is 1.48. The summed E-state index contributed by atoms with van der Waals surface area (Å²) < 4.78 is 10.7. The molecule has 2 aliphatic rings. The van der Waals surface area contributed by atoms with E-state index in [2.05, 4.69) is 0 Å². The van der Waals surface area contributed by atoms with Crippen molar-refractivity contribution in [3.8, 4) is 0 Å². The highest BCUT2D eigenvalue weighted by atomic mass is 16.7. The highest BCUT2D eigenvalue weighted by Gasteiger charge is 2.36. The quantitative estimate of drug-likeness (QED) is 0.560. The summed E-state index contributed by atoms with van der Waals surface area (Å²) in [5, 5.41) is 9.42. The zero-order chi connectivity index (χ0) is 7.84. The van der Waals surface area contributed by atoms with E-state index in [9.17, 15) is 5.11 Å². The second-order valence-corrected chi connectivity index (χ2v) is 2.93. The van der Waals surface area contributed by atoms with Gasteiger partial charge in [-0.05, 0) is 18.1 Å². The SMILES string of the molecule is CCC1=CC(O)C2COC1O2. The molecule has 2 bridgehead atoms. The molecule has 62 valence electrons. The summed E-state index contributed by atoms with van der Waals surface area (Å²) in [5.41, 5.74) is 1.06. The first kappa shape index (κ1) is 7.28. The largest absolute Gasteiger partial charge is 0.386 e. The summed E-state index contributed by atoms with van der Waals surface area (Å²) in [6.45, 7) is 2.55. The molecule has 0 saturated carbocycles. The number of fused-ring (bicyclic) bond motifs is 2. The van der Waals surface area contributed by atoms with Crippen molar-refractivity contribution in [3.05, 3.63) is 11.6 Å². The molecule has 3 atom stereocenters. The predicted molar refractivity (Wildman–Crippen MR) is 39.0 cm³/mol. The summed E-state index contributed by atoms with van der Waals surface area (Å²) in [5.74, 6) is 0. The standard InChI is InChI=1S/C8H12O3/c1-2-5-3-6(9)7-4-10-8(5)11-7/h3,6-9H,2,4H2,1H3. The van der Waals surface area contributed by atoms with Crippen molar-refractivity contribution in [1.29, 1.82) is 0 Å². The molecule has 0 aromatic rings. The van der Waals surface area contributed by atoms with Gasteiger partial charge in [0.1, 0.15) is 12.2 Å². The minimum absolute atomic E-state index is 0.129. The third kappa shape index (κ3) is 1.09. The maximum absolute atomic E-state index is 9.42. The van der Waals surface area contributed by atoms with Crippen LogP contribution in [0, 0.1) is 0 Å². The number of aliphatic hydroxyl groups is 1. The van der Waals surface area contributed by atoms with Crippen molar-refractivity contribution in [2.45, 2.75) is 31.8 Å². The van der Waals surface area contributed by atoms with Gasteiger partial charge in [0.25, 0.3) is 0 Å². The van der Waals surface area contributed by atoms with Crippen molar-refractivity contribution < 1.29 is 14.6 Å². The van der Waals surface area contributed by atoms with Crippen LogP contribution in [-0.4, -0.2) is 30.2 Å². The molecule has 0 spiro atoms. The highest BCUT2D eigenvalue weighted by Crippen LogP contribution is 2.28. The molecule has 0 aromatic carbocycles. The second-order valence-electron chi connectivity index (χ2n) is 2.93. The van der Waals surface area contributed by atoms with Gasteiger partial charge in [0.2, 0.25) is 0 Å². The van der Waals surface area contributed by atoms with Gasteiger partial charge >= 0.3 is 0 Å². The van der Waals surface area contributed by atoms with Gasteiger partial charge in [-0.3, -0.25) is 0 Å². The average molecular weight is 156 g/mol.